The smallest absolute Gasteiger partial charge is 0.333 e. The highest BCUT2D eigenvalue weighted by atomic mass is 35.5. The van der Waals surface area contributed by atoms with E-state index in [0.717, 1.165) is 5.56 Å². The fraction of sp³-hybridized carbons (Fsp3) is 0.389. The number of hydrogen-bond acceptors (Lipinski definition) is 8. The minimum atomic E-state index is -4.04. The van der Waals surface area contributed by atoms with Gasteiger partial charge in [0.1, 0.15) is 11.8 Å². The van der Waals surface area contributed by atoms with Crippen LogP contribution in [-0.2, 0) is 21.0 Å². The predicted octanol–water partition coefficient (Wildman–Crippen LogP) is 1.62. The normalized spacial score (nSPS) is 21.9. The minimum absolute atomic E-state index is 0.0990. The van der Waals surface area contributed by atoms with Crippen LogP contribution in [0, 0.1) is 5.92 Å². The Morgan fingerprint density at radius 3 is 2.73 bits per heavy atom. The molecule has 1 aliphatic rings. The summed E-state index contributed by atoms with van der Waals surface area (Å²) in [6.45, 7) is 0.386. The molecule has 12 heteroatoms. The lowest BCUT2D eigenvalue weighted by atomic mass is 10.1. The maximum atomic E-state index is 11.0. The van der Waals surface area contributed by atoms with Crippen LogP contribution in [0.15, 0.2) is 36.9 Å². The molecule has 1 aliphatic carbocycles. The van der Waals surface area contributed by atoms with Gasteiger partial charge in [0.25, 0.3) is 0 Å². The maximum absolute atomic E-state index is 11.0. The highest BCUT2D eigenvalue weighted by molar-refractivity contribution is 7.84. The van der Waals surface area contributed by atoms with E-state index in [1.807, 2.05) is 28.8 Å². The Balaban J connectivity index is 1.49. The number of hydrogen-bond donors (Lipinski definition) is 3. The van der Waals surface area contributed by atoms with E-state index >= 15 is 0 Å². The fourth-order valence-electron chi connectivity index (χ4n) is 3.70. The van der Waals surface area contributed by atoms with Crippen molar-refractivity contribution in [2.45, 2.75) is 31.5 Å². The zero-order valence-electron chi connectivity index (χ0n) is 15.8. The molecule has 160 valence electrons. The Morgan fingerprint density at radius 1 is 1.23 bits per heavy atom. The maximum Gasteiger partial charge on any atom is 0.333 e. The summed E-state index contributed by atoms with van der Waals surface area (Å²) in [5, 5.41) is 19.1. The molecule has 0 bridgehead atoms. The lowest BCUT2D eigenvalue weighted by molar-refractivity contribution is 0.100. The van der Waals surface area contributed by atoms with Crippen molar-refractivity contribution >= 4 is 38.9 Å². The van der Waals surface area contributed by atoms with Crippen molar-refractivity contribution in [3.8, 4) is 0 Å². The molecule has 1 saturated carbocycles. The fourth-order valence-corrected chi connectivity index (χ4v) is 4.19. The zero-order chi connectivity index (χ0) is 21.3. The molecule has 0 spiro atoms. The number of nitrogens with zero attached hydrogens (tertiary/aromatic N) is 4. The molecule has 1 fully saturated rings. The summed E-state index contributed by atoms with van der Waals surface area (Å²) in [7, 11) is -4.04. The first-order valence-corrected chi connectivity index (χ1v) is 11.2. The number of fused-ring (bicyclic) bond motifs is 1. The molecule has 3 aromatic rings. The Kier molecular flexibility index (Phi) is 5.89. The van der Waals surface area contributed by atoms with Crippen molar-refractivity contribution in [2.75, 3.05) is 11.9 Å². The molecule has 4 N–H and O–H groups in total. The highest BCUT2D eigenvalue weighted by Crippen LogP contribution is 2.37. The van der Waals surface area contributed by atoms with Gasteiger partial charge in [0.2, 0.25) is 0 Å². The van der Waals surface area contributed by atoms with Gasteiger partial charge in [0.15, 0.2) is 11.5 Å². The number of nitrogens with one attached hydrogen (secondary N) is 1. The molecule has 2 heterocycles. The van der Waals surface area contributed by atoms with Crippen LogP contribution in [-0.4, -0.2) is 45.8 Å². The number of aliphatic hydroxyl groups excluding tert-OH is 1. The van der Waals surface area contributed by atoms with E-state index in [0.29, 0.717) is 41.4 Å². The number of rotatable bonds is 7. The highest BCUT2D eigenvalue weighted by Gasteiger charge is 2.35. The standard InChI is InChI=1S/C18H21ClN6O4S/c19-13-3-1-11(2-4-13)7-21-17-16-18(23-9-22-17)25(10-24-16)14-5-12(15(26)6-14)8-29-30(20,27)28/h1-4,9-10,12,14-15,26H,5-8H2,(H2,20,27,28)(H,21,22,23)/t12-,14+,15-/m0/s1. The Hall–Kier alpha value is -2.31. The molecule has 0 amide bonds. The summed E-state index contributed by atoms with van der Waals surface area (Å²) in [6, 6.07) is 7.40. The summed E-state index contributed by atoms with van der Waals surface area (Å²) >= 11 is 5.92. The monoisotopic (exact) mass is 452 g/mol. The molecule has 0 radical (unpaired) electrons. The summed E-state index contributed by atoms with van der Waals surface area (Å²) in [4.78, 5) is 13.1. The van der Waals surface area contributed by atoms with Crippen LogP contribution in [0.1, 0.15) is 24.4 Å². The second-order valence-electron chi connectivity index (χ2n) is 7.26. The number of benzene rings is 1. The van der Waals surface area contributed by atoms with Crippen LogP contribution in [0.4, 0.5) is 5.82 Å². The Labute approximate surface area is 178 Å². The summed E-state index contributed by atoms with van der Waals surface area (Å²) in [5.74, 6) is 0.247. The molecule has 4 rings (SSSR count). The molecule has 10 nitrogen and oxygen atoms in total. The van der Waals surface area contributed by atoms with Crippen molar-refractivity contribution < 1.29 is 17.7 Å². The molecular formula is C18H21ClN6O4S. The number of imidazole rings is 1. The minimum Gasteiger partial charge on any atom is -0.393 e. The van der Waals surface area contributed by atoms with E-state index in [1.165, 1.54) is 6.33 Å². The van der Waals surface area contributed by atoms with Crippen molar-refractivity contribution in [1.29, 1.82) is 0 Å². The third-order valence-electron chi connectivity index (χ3n) is 5.20. The quantitative estimate of drug-likeness (QED) is 0.490. The number of anilines is 1. The van der Waals surface area contributed by atoms with E-state index in [9.17, 15) is 13.5 Å². The lowest BCUT2D eigenvalue weighted by Crippen LogP contribution is -2.24. The molecule has 1 aromatic carbocycles. The van der Waals surface area contributed by atoms with Gasteiger partial charge in [-0.05, 0) is 30.5 Å². The van der Waals surface area contributed by atoms with Crippen LogP contribution < -0.4 is 10.5 Å². The SMILES string of the molecule is NS(=O)(=O)OC[C@@H]1C[C@@H](n2cnc3c(NCc4ccc(Cl)cc4)ncnc32)C[C@@H]1O. The third kappa shape index (κ3) is 4.71. The van der Waals surface area contributed by atoms with Crippen LogP contribution in [0.25, 0.3) is 11.2 Å². The zero-order valence-corrected chi connectivity index (χ0v) is 17.4. The number of aromatic nitrogens is 4. The van der Waals surface area contributed by atoms with Crippen LogP contribution in [0.5, 0.6) is 0 Å². The average molecular weight is 453 g/mol. The summed E-state index contributed by atoms with van der Waals surface area (Å²) in [6.07, 6.45) is 3.35. The van der Waals surface area contributed by atoms with Crippen molar-refractivity contribution in [3.63, 3.8) is 0 Å². The van der Waals surface area contributed by atoms with Gasteiger partial charge in [-0.1, -0.05) is 23.7 Å². The van der Waals surface area contributed by atoms with Gasteiger partial charge >= 0.3 is 10.3 Å². The van der Waals surface area contributed by atoms with E-state index < -0.39 is 16.4 Å². The van der Waals surface area contributed by atoms with Crippen LogP contribution in [0.3, 0.4) is 0 Å². The van der Waals surface area contributed by atoms with Gasteiger partial charge in [-0.15, -0.1) is 0 Å². The van der Waals surface area contributed by atoms with Crippen LogP contribution >= 0.6 is 11.6 Å². The Bertz CT molecular complexity index is 1140. The van der Waals surface area contributed by atoms with Gasteiger partial charge < -0.3 is 15.0 Å². The first-order valence-electron chi connectivity index (χ1n) is 9.31. The van der Waals surface area contributed by atoms with E-state index in [2.05, 4.69) is 24.5 Å². The first kappa shape index (κ1) is 20.9. The largest absolute Gasteiger partial charge is 0.393 e. The average Bonchev–Trinajstić information content (AvgIpc) is 3.29. The number of aliphatic hydroxyl groups is 1. The molecule has 0 unspecified atom stereocenters. The van der Waals surface area contributed by atoms with Gasteiger partial charge in [0.05, 0.1) is 19.0 Å². The molecular weight excluding hydrogens is 432 g/mol. The first-order chi connectivity index (χ1) is 14.3. The van der Waals surface area contributed by atoms with Crippen LogP contribution in [0.2, 0.25) is 5.02 Å². The van der Waals surface area contributed by atoms with Gasteiger partial charge in [-0.2, -0.15) is 8.42 Å². The number of nitrogens with two attached hydrogens (primary N) is 1. The Morgan fingerprint density at radius 2 is 2.00 bits per heavy atom. The second kappa shape index (κ2) is 8.44. The van der Waals surface area contributed by atoms with Gasteiger partial charge in [-0.3, -0.25) is 4.18 Å². The topological polar surface area (TPSA) is 145 Å². The summed E-state index contributed by atoms with van der Waals surface area (Å²) < 4.78 is 28.6. The molecule has 3 atom stereocenters. The lowest BCUT2D eigenvalue weighted by Gasteiger charge is -2.13. The molecule has 2 aromatic heterocycles. The molecule has 0 aliphatic heterocycles. The van der Waals surface area contributed by atoms with E-state index in [1.54, 1.807) is 6.33 Å². The number of halogens is 1. The van der Waals surface area contributed by atoms with Crippen molar-refractivity contribution in [1.82, 2.24) is 19.5 Å². The van der Waals surface area contributed by atoms with Gasteiger partial charge in [-0.25, -0.2) is 20.1 Å². The third-order valence-corrected chi connectivity index (χ3v) is 5.92. The van der Waals surface area contributed by atoms with Crippen molar-refractivity contribution in [2.24, 2.45) is 11.1 Å². The van der Waals surface area contributed by atoms with E-state index in [4.69, 9.17) is 16.7 Å². The second-order valence-corrected chi connectivity index (χ2v) is 8.91. The molecule has 0 saturated heterocycles. The molecule has 30 heavy (non-hydrogen) atoms. The van der Waals surface area contributed by atoms with Crippen molar-refractivity contribution in [3.05, 3.63) is 47.5 Å². The van der Waals surface area contributed by atoms with Gasteiger partial charge in [0, 0.05) is 23.5 Å². The summed E-state index contributed by atoms with van der Waals surface area (Å²) in [5.41, 5.74) is 2.29. The van der Waals surface area contributed by atoms with E-state index in [-0.39, 0.29) is 18.6 Å². The predicted molar refractivity (Wildman–Crippen MR) is 111 cm³/mol.